The molecular formula is C26H22Br2Cl2N2O4. The number of hydrazone groups is 1. The highest BCUT2D eigenvalue weighted by molar-refractivity contribution is 9.11. The Bertz CT molecular complexity index is 1260. The fourth-order valence-corrected chi connectivity index (χ4v) is 4.91. The van der Waals surface area contributed by atoms with E-state index in [1.807, 2.05) is 25.1 Å². The quantitative estimate of drug-likeness (QED) is 0.130. The van der Waals surface area contributed by atoms with Gasteiger partial charge in [0.25, 0.3) is 5.91 Å². The van der Waals surface area contributed by atoms with Gasteiger partial charge < -0.3 is 14.2 Å². The second-order valence-corrected chi connectivity index (χ2v) is 9.78. The summed E-state index contributed by atoms with van der Waals surface area (Å²) in [5.74, 6) is 1.22. The number of halogens is 4. The third kappa shape index (κ3) is 7.74. The summed E-state index contributed by atoms with van der Waals surface area (Å²) in [7, 11) is 0. The van der Waals surface area contributed by atoms with Crippen LogP contribution in [-0.4, -0.2) is 25.3 Å². The molecule has 0 radical (unpaired) electrons. The SMILES string of the molecule is C=CCOc1ccc(C(=O)N/N=C/c2cc(Br)c(OCc3ccc(Cl)cc3Cl)c(Br)c2)cc1OCC. The minimum absolute atomic E-state index is 0.262. The van der Waals surface area contributed by atoms with Crippen molar-refractivity contribution in [1.29, 1.82) is 0 Å². The summed E-state index contributed by atoms with van der Waals surface area (Å²) in [6.07, 6.45) is 3.16. The molecule has 0 aliphatic heterocycles. The number of carbonyl (C=O) groups excluding carboxylic acids is 1. The van der Waals surface area contributed by atoms with Gasteiger partial charge in [0, 0.05) is 21.2 Å². The molecular weight excluding hydrogens is 635 g/mol. The molecule has 0 fully saturated rings. The van der Waals surface area contributed by atoms with Crippen LogP contribution < -0.4 is 19.6 Å². The molecule has 1 amide bonds. The maximum Gasteiger partial charge on any atom is 0.271 e. The number of benzene rings is 3. The summed E-state index contributed by atoms with van der Waals surface area (Å²) in [5.41, 5.74) is 4.44. The van der Waals surface area contributed by atoms with Gasteiger partial charge in [0.05, 0.1) is 21.8 Å². The summed E-state index contributed by atoms with van der Waals surface area (Å²) < 4.78 is 18.5. The fraction of sp³-hybridized carbons (Fsp3) is 0.154. The van der Waals surface area contributed by atoms with Gasteiger partial charge in [-0.15, -0.1) is 0 Å². The van der Waals surface area contributed by atoms with E-state index in [0.717, 1.165) is 11.1 Å². The fourth-order valence-electron chi connectivity index (χ4n) is 3.00. The van der Waals surface area contributed by atoms with Crippen molar-refractivity contribution >= 4 is 67.2 Å². The van der Waals surface area contributed by atoms with Gasteiger partial charge >= 0.3 is 0 Å². The van der Waals surface area contributed by atoms with E-state index in [4.69, 9.17) is 37.4 Å². The average molecular weight is 657 g/mol. The highest BCUT2D eigenvalue weighted by Crippen LogP contribution is 2.35. The standard InChI is InChI=1S/C26H22Br2Cl2N2O4/c1-3-9-35-23-8-6-17(12-24(23)34-4-2)26(33)32-31-14-16-10-20(27)25(21(28)11-16)36-15-18-5-7-19(29)13-22(18)30/h3,5-8,10-14H,1,4,9,15H2,2H3,(H,32,33)/b31-14+. The Balaban J connectivity index is 1.65. The predicted molar refractivity (Wildman–Crippen MR) is 151 cm³/mol. The molecule has 188 valence electrons. The Labute approximate surface area is 236 Å². The normalized spacial score (nSPS) is 10.8. The van der Waals surface area contributed by atoms with Gasteiger partial charge in [-0.05, 0) is 86.8 Å². The molecule has 3 aromatic carbocycles. The first-order valence-corrected chi connectivity index (χ1v) is 13.1. The lowest BCUT2D eigenvalue weighted by atomic mass is 10.2. The van der Waals surface area contributed by atoms with Gasteiger partial charge in [0.2, 0.25) is 0 Å². The molecule has 3 aromatic rings. The van der Waals surface area contributed by atoms with E-state index in [1.54, 1.807) is 36.4 Å². The van der Waals surface area contributed by atoms with Gasteiger partial charge in [0.15, 0.2) is 11.5 Å². The molecule has 0 saturated heterocycles. The second kappa shape index (κ2) is 13.7. The number of rotatable bonds is 11. The Kier molecular flexibility index (Phi) is 10.7. The van der Waals surface area contributed by atoms with Crippen molar-refractivity contribution in [1.82, 2.24) is 5.43 Å². The monoisotopic (exact) mass is 654 g/mol. The number of hydrogen-bond donors (Lipinski definition) is 1. The zero-order chi connectivity index (χ0) is 26.1. The number of carbonyl (C=O) groups is 1. The Hall–Kier alpha value is -2.52. The minimum Gasteiger partial charge on any atom is -0.490 e. The van der Waals surface area contributed by atoms with Crippen molar-refractivity contribution in [2.45, 2.75) is 13.5 Å². The van der Waals surface area contributed by atoms with Crippen molar-refractivity contribution in [3.63, 3.8) is 0 Å². The smallest absolute Gasteiger partial charge is 0.271 e. The Morgan fingerprint density at radius 1 is 1.03 bits per heavy atom. The first-order valence-electron chi connectivity index (χ1n) is 10.7. The number of hydrogen-bond acceptors (Lipinski definition) is 5. The van der Waals surface area contributed by atoms with E-state index in [1.165, 1.54) is 6.21 Å². The first-order chi connectivity index (χ1) is 17.3. The maximum absolute atomic E-state index is 12.6. The largest absolute Gasteiger partial charge is 0.490 e. The Morgan fingerprint density at radius 2 is 1.78 bits per heavy atom. The first kappa shape index (κ1) is 28.1. The second-order valence-electron chi connectivity index (χ2n) is 7.23. The van der Waals surface area contributed by atoms with Crippen LogP contribution in [0, 0.1) is 0 Å². The zero-order valence-electron chi connectivity index (χ0n) is 19.2. The van der Waals surface area contributed by atoms with Crippen LogP contribution in [0.25, 0.3) is 0 Å². The van der Waals surface area contributed by atoms with Crippen LogP contribution in [0.15, 0.2) is 75.2 Å². The molecule has 1 N–H and O–H groups in total. The van der Waals surface area contributed by atoms with E-state index in [2.05, 4.69) is 49.0 Å². The molecule has 0 aliphatic carbocycles. The van der Waals surface area contributed by atoms with Crippen LogP contribution >= 0.6 is 55.1 Å². The zero-order valence-corrected chi connectivity index (χ0v) is 23.9. The third-order valence-corrected chi connectivity index (χ3v) is 6.41. The van der Waals surface area contributed by atoms with Crippen molar-refractivity contribution in [3.8, 4) is 17.2 Å². The lowest BCUT2D eigenvalue weighted by Crippen LogP contribution is -2.17. The van der Waals surface area contributed by atoms with E-state index < -0.39 is 0 Å². The van der Waals surface area contributed by atoms with Crippen LogP contribution in [0.3, 0.4) is 0 Å². The summed E-state index contributed by atoms with van der Waals surface area (Å²) in [4.78, 5) is 12.6. The van der Waals surface area contributed by atoms with Gasteiger partial charge in [-0.2, -0.15) is 5.10 Å². The molecule has 10 heteroatoms. The number of ether oxygens (including phenoxy) is 3. The molecule has 0 unspecified atom stereocenters. The van der Waals surface area contributed by atoms with E-state index in [0.29, 0.717) is 55.0 Å². The van der Waals surface area contributed by atoms with Crippen LogP contribution in [0.2, 0.25) is 10.0 Å². The maximum atomic E-state index is 12.6. The highest BCUT2D eigenvalue weighted by atomic mass is 79.9. The summed E-state index contributed by atoms with van der Waals surface area (Å²) in [5, 5.41) is 5.16. The molecule has 6 nitrogen and oxygen atoms in total. The molecule has 3 rings (SSSR count). The minimum atomic E-state index is -0.389. The molecule has 0 atom stereocenters. The van der Waals surface area contributed by atoms with Crippen LogP contribution in [0.4, 0.5) is 0 Å². The van der Waals surface area contributed by atoms with Gasteiger partial charge in [-0.1, -0.05) is 41.9 Å². The summed E-state index contributed by atoms with van der Waals surface area (Å²) in [6.45, 7) is 6.52. The molecule has 36 heavy (non-hydrogen) atoms. The van der Waals surface area contributed by atoms with E-state index in [-0.39, 0.29) is 12.5 Å². The van der Waals surface area contributed by atoms with Crippen LogP contribution in [0.5, 0.6) is 17.2 Å². The molecule has 0 spiro atoms. The number of nitrogens with zero attached hydrogens (tertiary/aromatic N) is 1. The molecule has 0 bridgehead atoms. The Morgan fingerprint density at radius 3 is 2.44 bits per heavy atom. The predicted octanol–water partition coefficient (Wildman–Crippen LogP) is 7.82. The lowest BCUT2D eigenvalue weighted by Gasteiger charge is -2.12. The third-order valence-electron chi connectivity index (χ3n) is 4.65. The molecule has 0 aliphatic rings. The van der Waals surface area contributed by atoms with Gasteiger partial charge in [-0.25, -0.2) is 5.43 Å². The summed E-state index contributed by atoms with van der Waals surface area (Å²) >= 11 is 19.2. The molecule has 0 aromatic heterocycles. The molecule has 0 saturated carbocycles. The average Bonchev–Trinajstić information content (AvgIpc) is 2.84. The topological polar surface area (TPSA) is 69.2 Å². The van der Waals surface area contributed by atoms with E-state index in [9.17, 15) is 4.79 Å². The van der Waals surface area contributed by atoms with Crippen molar-refractivity contribution in [3.05, 3.63) is 96.9 Å². The van der Waals surface area contributed by atoms with Crippen molar-refractivity contribution < 1.29 is 19.0 Å². The van der Waals surface area contributed by atoms with Gasteiger partial charge in [-0.3, -0.25) is 4.79 Å². The lowest BCUT2D eigenvalue weighted by molar-refractivity contribution is 0.0954. The number of nitrogens with one attached hydrogen (secondary N) is 1. The van der Waals surface area contributed by atoms with E-state index >= 15 is 0 Å². The van der Waals surface area contributed by atoms with Crippen molar-refractivity contribution in [2.75, 3.05) is 13.2 Å². The summed E-state index contributed by atoms with van der Waals surface area (Å²) in [6, 6.07) is 13.8. The van der Waals surface area contributed by atoms with Gasteiger partial charge in [0.1, 0.15) is 19.0 Å². The van der Waals surface area contributed by atoms with Crippen molar-refractivity contribution in [2.24, 2.45) is 5.10 Å². The van der Waals surface area contributed by atoms with Crippen LogP contribution in [-0.2, 0) is 6.61 Å². The molecule has 0 heterocycles. The van der Waals surface area contributed by atoms with Crippen LogP contribution in [0.1, 0.15) is 28.4 Å². The number of amides is 1. The highest BCUT2D eigenvalue weighted by Gasteiger charge is 2.12.